The zero-order chi connectivity index (χ0) is 25.6. The maximum absolute atomic E-state index is 10.9. The van der Waals surface area contributed by atoms with Crippen LogP contribution in [0.15, 0.2) is 60.7 Å². The van der Waals surface area contributed by atoms with Gasteiger partial charge >= 0.3 is 0 Å². The highest BCUT2D eigenvalue weighted by atomic mass is 32.2. The van der Waals surface area contributed by atoms with E-state index in [9.17, 15) is 9.59 Å². The molecule has 0 spiro atoms. The van der Waals surface area contributed by atoms with Gasteiger partial charge in [0.05, 0.1) is 6.61 Å². The Morgan fingerprint density at radius 3 is 1.86 bits per heavy atom. The summed E-state index contributed by atoms with van der Waals surface area (Å²) in [5, 5.41) is 11.8. The van der Waals surface area contributed by atoms with Gasteiger partial charge in [0.1, 0.15) is 18.3 Å². The minimum Gasteiger partial charge on any atom is -0.493 e. The molecule has 0 aliphatic carbocycles. The number of hydrogen-bond donors (Lipinski definition) is 1. The summed E-state index contributed by atoms with van der Waals surface area (Å²) in [6.07, 6.45) is 11.3. The number of carbonyl (C=O) groups is 2. The molecule has 0 aliphatic rings. The normalized spacial score (nSPS) is 11.3. The highest BCUT2D eigenvalue weighted by Crippen LogP contribution is 2.28. The first-order chi connectivity index (χ1) is 17.6. The van der Waals surface area contributed by atoms with Crippen LogP contribution in [0.1, 0.15) is 61.4 Å². The van der Waals surface area contributed by atoms with E-state index in [0.717, 1.165) is 71.0 Å². The van der Waals surface area contributed by atoms with Crippen LogP contribution in [0.25, 0.3) is 24.3 Å². The molecule has 1 N–H and O–H groups in total. The molecule has 3 aromatic carbocycles. The molecular formula is C29H28O6S. The van der Waals surface area contributed by atoms with Gasteiger partial charge in [-0.1, -0.05) is 77.9 Å². The maximum atomic E-state index is 10.9. The van der Waals surface area contributed by atoms with Gasteiger partial charge in [-0.15, -0.1) is 4.33 Å². The lowest BCUT2D eigenvalue weighted by Crippen LogP contribution is -2.01. The largest absolute Gasteiger partial charge is 0.493 e. The molecule has 0 bridgehead atoms. The van der Waals surface area contributed by atoms with E-state index >= 15 is 0 Å². The summed E-state index contributed by atoms with van der Waals surface area (Å²) in [7, 11) is 0. The minimum absolute atomic E-state index is 0.523. The molecule has 0 aromatic heterocycles. The topological polar surface area (TPSA) is 82.1 Å². The predicted molar refractivity (Wildman–Crippen MR) is 145 cm³/mol. The number of unbranched alkanes of at least 4 members (excludes halogenated alkanes) is 1. The van der Waals surface area contributed by atoms with E-state index in [1.165, 1.54) is 0 Å². The monoisotopic (exact) mass is 504 g/mol. The van der Waals surface area contributed by atoms with Crippen molar-refractivity contribution in [2.45, 2.75) is 19.8 Å². The Balaban J connectivity index is 1.78. The number of carbonyl (C=O) groups excluding carboxylic acids is 2. The molecule has 0 unspecified atom stereocenters. The van der Waals surface area contributed by atoms with Crippen molar-refractivity contribution in [1.82, 2.24) is 0 Å². The van der Waals surface area contributed by atoms with Gasteiger partial charge in [0.2, 0.25) is 0 Å². The Hall–Kier alpha value is -3.49. The van der Waals surface area contributed by atoms with E-state index in [4.69, 9.17) is 9.99 Å². The Morgan fingerprint density at radius 2 is 1.31 bits per heavy atom. The molecule has 0 atom stereocenters. The van der Waals surface area contributed by atoms with Gasteiger partial charge in [-0.05, 0) is 54.2 Å². The average Bonchev–Trinajstić information content (AvgIpc) is 2.92. The summed E-state index contributed by atoms with van der Waals surface area (Å²) in [5.74, 6) is 1.43. The molecule has 0 heterocycles. The minimum atomic E-state index is 0.523. The number of hydrogen-bond acceptors (Lipinski definition) is 7. The fourth-order valence-electron chi connectivity index (χ4n) is 3.41. The van der Waals surface area contributed by atoms with Crippen LogP contribution in [0, 0.1) is 6.92 Å². The van der Waals surface area contributed by atoms with Crippen LogP contribution in [0.2, 0.25) is 0 Å². The molecule has 0 fully saturated rings. The lowest BCUT2D eigenvalue weighted by Gasteiger charge is -2.13. The van der Waals surface area contributed by atoms with E-state index < -0.39 is 0 Å². The van der Waals surface area contributed by atoms with E-state index in [1.807, 2.05) is 54.6 Å². The third-order valence-electron chi connectivity index (χ3n) is 5.41. The molecule has 186 valence electrons. The fraction of sp³-hybridized carbons (Fsp3) is 0.172. The number of aldehydes is 2. The van der Waals surface area contributed by atoms with Crippen LogP contribution in [0.5, 0.6) is 5.75 Å². The zero-order valence-corrected chi connectivity index (χ0v) is 20.8. The molecule has 0 radical (unpaired) electrons. The number of ether oxygens (including phenoxy) is 1. The lowest BCUT2D eigenvalue weighted by molar-refractivity contribution is -0.432. The third-order valence-corrected chi connectivity index (χ3v) is 6.02. The zero-order valence-electron chi connectivity index (χ0n) is 20.0. The van der Waals surface area contributed by atoms with E-state index in [-0.39, 0.29) is 0 Å². The first-order valence-electron chi connectivity index (χ1n) is 11.5. The third kappa shape index (κ3) is 8.62. The Kier molecular flexibility index (Phi) is 11.1. The van der Waals surface area contributed by atoms with Gasteiger partial charge in [0.25, 0.3) is 0 Å². The van der Waals surface area contributed by atoms with Crippen LogP contribution in [-0.2, 0) is 9.37 Å². The van der Waals surface area contributed by atoms with Crippen molar-refractivity contribution in [3.8, 4) is 5.75 Å². The second-order valence-corrected chi connectivity index (χ2v) is 8.78. The summed E-state index contributed by atoms with van der Waals surface area (Å²) in [6, 6.07) is 18.9. The molecule has 3 rings (SSSR count). The standard InChI is InChI=1S/C29H28O6S/c1-22-18-28(15-13-24-6-10-26(21-31)11-7-24)29(33-16-2-3-17-36-35-34-32)19-27(22)14-12-23-4-8-25(20-30)9-5-23/h4-15,18-21,32H,2-3,16-17H2,1H3/b14-12+,15-13+. The van der Waals surface area contributed by atoms with E-state index in [1.54, 1.807) is 24.3 Å². The smallest absolute Gasteiger partial charge is 0.150 e. The summed E-state index contributed by atoms with van der Waals surface area (Å²) >= 11 is 1.03. The SMILES string of the molecule is Cc1cc(/C=C/c2ccc(C=O)cc2)c(OCCCCSOOO)cc1/C=C/c1ccc(C=O)cc1. The lowest BCUT2D eigenvalue weighted by atomic mass is 10.0. The molecule has 0 saturated heterocycles. The number of benzene rings is 3. The average molecular weight is 505 g/mol. The summed E-state index contributed by atoms with van der Waals surface area (Å²) < 4.78 is 10.5. The summed E-state index contributed by atoms with van der Waals surface area (Å²) in [6.45, 7) is 2.57. The Morgan fingerprint density at radius 1 is 0.750 bits per heavy atom. The first kappa shape index (κ1) is 27.1. The Labute approximate surface area is 215 Å². The van der Waals surface area contributed by atoms with Gasteiger partial charge in [-0.3, -0.25) is 9.59 Å². The molecule has 0 saturated carbocycles. The quantitative estimate of drug-likeness (QED) is 0.0621. The van der Waals surface area contributed by atoms with E-state index in [2.05, 4.69) is 22.4 Å². The molecule has 3 aromatic rings. The van der Waals surface area contributed by atoms with Crippen molar-refractivity contribution in [2.24, 2.45) is 0 Å². The van der Waals surface area contributed by atoms with Crippen LogP contribution < -0.4 is 4.74 Å². The van der Waals surface area contributed by atoms with Crippen molar-refractivity contribution in [3.63, 3.8) is 0 Å². The molecule has 6 nitrogen and oxygen atoms in total. The number of rotatable bonds is 14. The van der Waals surface area contributed by atoms with Crippen molar-refractivity contribution >= 4 is 48.9 Å². The van der Waals surface area contributed by atoms with Gasteiger partial charge in [0.15, 0.2) is 0 Å². The number of aryl methyl sites for hydroxylation is 1. The van der Waals surface area contributed by atoms with Crippen LogP contribution in [0.4, 0.5) is 0 Å². The highest BCUT2D eigenvalue weighted by Gasteiger charge is 2.07. The molecule has 0 amide bonds. The maximum Gasteiger partial charge on any atom is 0.150 e. The van der Waals surface area contributed by atoms with Crippen molar-refractivity contribution in [3.05, 3.63) is 99.6 Å². The van der Waals surface area contributed by atoms with Crippen molar-refractivity contribution in [1.29, 1.82) is 0 Å². The fourth-order valence-corrected chi connectivity index (χ4v) is 3.84. The summed E-state index contributed by atoms with van der Waals surface area (Å²) in [4.78, 5) is 21.8. The van der Waals surface area contributed by atoms with Crippen molar-refractivity contribution in [2.75, 3.05) is 12.4 Å². The van der Waals surface area contributed by atoms with Crippen LogP contribution in [-0.4, -0.2) is 30.2 Å². The predicted octanol–water partition coefficient (Wildman–Crippen LogP) is 7.19. The molecule has 7 heteroatoms. The van der Waals surface area contributed by atoms with Crippen LogP contribution in [0.3, 0.4) is 0 Å². The van der Waals surface area contributed by atoms with Crippen LogP contribution >= 0.6 is 12.0 Å². The molecular weight excluding hydrogens is 476 g/mol. The Bertz CT molecular complexity index is 1180. The van der Waals surface area contributed by atoms with Crippen molar-refractivity contribution < 1.29 is 29.0 Å². The second-order valence-electron chi connectivity index (χ2n) is 8.00. The molecule has 36 heavy (non-hydrogen) atoms. The van der Waals surface area contributed by atoms with Gasteiger partial charge in [0, 0.05) is 34.5 Å². The van der Waals surface area contributed by atoms with Gasteiger partial charge in [-0.25, -0.2) is 5.26 Å². The highest BCUT2D eigenvalue weighted by molar-refractivity contribution is 7.94. The van der Waals surface area contributed by atoms with Gasteiger partial charge in [-0.2, -0.15) is 0 Å². The second kappa shape index (κ2) is 14.8. The first-order valence-corrected chi connectivity index (χ1v) is 12.4. The summed E-state index contributed by atoms with van der Waals surface area (Å²) in [5.41, 5.74) is 6.33. The van der Waals surface area contributed by atoms with Gasteiger partial charge < -0.3 is 4.74 Å². The van der Waals surface area contributed by atoms with E-state index in [0.29, 0.717) is 23.5 Å². The molecule has 0 aliphatic heterocycles.